The van der Waals surface area contributed by atoms with E-state index in [2.05, 4.69) is 31.3 Å². The van der Waals surface area contributed by atoms with E-state index in [1.807, 2.05) is 53.4 Å². The molecule has 51 heavy (non-hydrogen) atoms. The van der Waals surface area contributed by atoms with E-state index in [4.69, 9.17) is 0 Å². The van der Waals surface area contributed by atoms with Crippen LogP contribution in [0.25, 0.3) is 16.6 Å². The van der Waals surface area contributed by atoms with Crippen LogP contribution in [0, 0.1) is 5.92 Å². The van der Waals surface area contributed by atoms with E-state index in [-0.39, 0.29) is 12.8 Å². The molecule has 1 aliphatic rings. The van der Waals surface area contributed by atoms with Crippen LogP contribution >= 0.6 is 0 Å². The summed E-state index contributed by atoms with van der Waals surface area (Å²) in [6, 6.07) is 6.33. The molecule has 0 unspecified atom stereocenters. The second-order valence-corrected chi connectivity index (χ2v) is 13.1. The van der Waals surface area contributed by atoms with Gasteiger partial charge >= 0.3 is 11.6 Å². The first-order valence-electron chi connectivity index (χ1n) is 17.0. The Bertz CT molecular complexity index is 1920. The standard InChI is InChI=1S/C35H43N9O7/c1-21(2)31-34(50)40-25(11-6-7-14-43-15-16-44-29(43)12-8-13-38-44)32(48)37-20-28(45)39-26(18-30(46)47)33(49)41-27(35(51)42(31)3)17-22-19-36-24-10-5-4-9-23(22)24/h4-5,8-10,12-13,15-16,19,21,25-27,31,36H,6-7,11,14,17-18,20H2,1-3H3,(H4-,37,39,40,41,45,46,47,48,49,50)/p+1/t25-,26-,27+,31-/m0/s1. The van der Waals surface area contributed by atoms with E-state index >= 15 is 0 Å². The van der Waals surface area contributed by atoms with Crippen molar-refractivity contribution in [2.75, 3.05) is 13.6 Å². The number of hydrogen-bond donors (Lipinski definition) is 6. The number of carboxylic acid groups (broad SMARTS) is 1. The van der Waals surface area contributed by atoms with Gasteiger partial charge in [-0.3, -0.25) is 28.8 Å². The van der Waals surface area contributed by atoms with Gasteiger partial charge in [0.1, 0.15) is 30.4 Å². The number of imidazole rings is 1. The lowest BCUT2D eigenvalue weighted by molar-refractivity contribution is -0.671. The predicted octanol–water partition coefficient (Wildman–Crippen LogP) is 0.0580. The number of fused-ring (bicyclic) bond motifs is 2. The number of aromatic nitrogens is 4. The first-order valence-corrected chi connectivity index (χ1v) is 17.0. The number of hydrogen-bond acceptors (Lipinski definition) is 7. The van der Waals surface area contributed by atoms with Crippen molar-refractivity contribution in [3.63, 3.8) is 0 Å². The van der Waals surface area contributed by atoms with E-state index in [0.29, 0.717) is 24.9 Å². The molecular weight excluding hydrogens is 658 g/mol. The first kappa shape index (κ1) is 36.5. The number of amides is 5. The number of carbonyl (C=O) groups is 6. The maximum atomic E-state index is 14.2. The summed E-state index contributed by atoms with van der Waals surface area (Å²) in [5.41, 5.74) is 2.42. The molecule has 4 aromatic rings. The number of aliphatic carboxylic acids is 1. The van der Waals surface area contributed by atoms with Gasteiger partial charge in [0, 0.05) is 36.6 Å². The zero-order chi connectivity index (χ0) is 36.7. The van der Waals surface area contributed by atoms with Gasteiger partial charge in [-0.2, -0.15) is 0 Å². The molecule has 6 N–H and O–H groups in total. The number of rotatable bonds is 10. The number of para-hydroxylation sites is 1. The maximum absolute atomic E-state index is 14.2. The van der Waals surface area contributed by atoms with Gasteiger partial charge in [-0.25, -0.2) is 4.57 Å². The highest BCUT2D eigenvalue weighted by Crippen LogP contribution is 2.21. The SMILES string of the molecule is CC(C)[C@H]1C(=O)N[C@@H](CCCC[n+]2ccn3ncccc32)C(=O)NCC(=O)N[C@@H](CC(=O)O)C(=O)N[C@H](Cc2c[nH]c3ccccc23)C(=O)N1C. The summed E-state index contributed by atoms with van der Waals surface area (Å²) in [5.74, 6) is -5.28. The third-order valence-corrected chi connectivity index (χ3v) is 9.05. The van der Waals surface area contributed by atoms with Crippen LogP contribution < -0.4 is 25.8 Å². The van der Waals surface area contributed by atoms with Crippen LogP contribution in [0.2, 0.25) is 0 Å². The van der Waals surface area contributed by atoms with Gasteiger partial charge in [-0.15, -0.1) is 4.52 Å². The van der Waals surface area contributed by atoms with Crippen molar-refractivity contribution in [2.24, 2.45) is 5.92 Å². The van der Waals surface area contributed by atoms with E-state index < -0.39 is 78.6 Å². The van der Waals surface area contributed by atoms with E-state index in [9.17, 15) is 33.9 Å². The van der Waals surface area contributed by atoms with Gasteiger partial charge < -0.3 is 36.3 Å². The number of aromatic amines is 1. The molecule has 1 aromatic carbocycles. The lowest BCUT2D eigenvalue weighted by Gasteiger charge is -2.34. The normalized spacial score (nSPS) is 21.2. The molecule has 5 amide bonds. The Balaban J connectivity index is 1.40. The second kappa shape index (κ2) is 16.3. The molecule has 1 saturated heterocycles. The van der Waals surface area contributed by atoms with Gasteiger partial charge in [0.25, 0.3) is 0 Å². The minimum absolute atomic E-state index is 0.00696. The lowest BCUT2D eigenvalue weighted by Crippen LogP contribution is -2.59. The highest BCUT2D eigenvalue weighted by molar-refractivity contribution is 5.98. The second-order valence-electron chi connectivity index (χ2n) is 13.1. The molecule has 5 rings (SSSR count). The highest BCUT2D eigenvalue weighted by Gasteiger charge is 2.37. The van der Waals surface area contributed by atoms with E-state index in [1.54, 1.807) is 30.8 Å². The molecular formula is C35H44N9O7+. The van der Waals surface area contributed by atoms with E-state index in [0.717, 1.165) is 16.6 Å². The fraction of sp³-hybridized carbons (Fsp3) is 0.429. The average Bonchev–Trinajstić information content (AvgIpc) is 3.70. The Hall–Kier alpha value is -5.80. The number of carbonyl (C=O) groups excluding carboxylic acids is 5. The fourth-order valence-electron chi connectivity index (χ4n) is 6.50. The van der Waals surface area contributed by atoms with Crippen LogP contribution in [0.1, 0.15) is 45.1 Å². The molecule has 16 heteroatoms. The number of H-pyrrole nitrogens is 1. The Labute approximate surface area is 293 Å². The number of nitrogens with one attached hydrogen (secondary N) is 5. The number of carboxylic acids is 1. The largest absolute Gasteiger partial charge is 0.481 e. The van der Waals surface area contributed by atoms with Gasteiger partial charge in [-0.1, -0.05) is 37.1 Å². The maximum Gasteiger partial charge on any atom is 0.307 e. The lowest BCUT2D eigenvalue weighted by atomic mass is 9.98. The molecule has 0 radical (unpaired) electrons. The number of benzene rings is 1. The van der Waals surface area contributed by atoms with Gasteiger partial charge in [0.05, 0.1) is 25.7 Å². The zero-order valence-electron chi connectivity index (χ0n) is 28.8. The number of nitrogens with zero attached hydrogens (tertiary/aromatic N) is 4. The first-order chi connectivity index (χ1) is 24.4. The van der Waals surface area contributed by atoms with Crippen molar-refractivity contribution in [2.45, 2.75) is 76.7 Å². The average molecular weight is 703 g/mol. The molecule has 0 saturated carbocycles. The van der Waals surface area contributed by atoms with Crippen LogP contribution in [-0.2, 0) is 41.7 Å². The number of unbranched alkanes of at least 4 members (excludes halogenated alkanes) is 1. The molecule has 16 nitrogen and oxygen atoms in total. The third-order valence-electron chi connectivity index (χ3n) is 9.05. The Kier molecular flexibility index (Phi) is 11.6. The topological polar surface area (TPSA) is 211 Å². The molecule has 270 valence electrons. The summed E-state index contributed by atoms with van der Waals surface area (Å²) >= 11 is 0. The zero-order valence-corrected chi connectivity index (χ0v) is 28.8. The van der Waals surface area contributed by atoms with Crippen molar-refractivity contribution >= 4 is 52.1 Å². The fourth-order valence-corrected chi connectivity index (χ4v) is 6.50. The molecule has 0 spiro atoms. The van der Waals surface area contributed by atoms with Gasteiger partial charge in [-0.05, 0) is 42.9 Å². The van der Waals surface area contributed by atoms with Crippen LogP contribution in [0.5, 0.6) is 0 Å². The molecule has 1 aliphatic heterocycles. The molecule has 4 atom stereocenters. The summed E-state index contributed by atoms with van der Waals surface area (Å²) < 4.78 is 3.77. The van der Waals surface area contributed by atoms with Crippen LogP contribution in [0.15, 0.2) is 61.2 Å². The number of likely N-dealkylation sites (N-methyl/N-ethyl adjacent to an activating group) is 1. The van der Waals surface area contributed by atoms with Crippen molar-refractivity contribution in [1.82, 2.24) is 40.8 Å². The van der Waals surface area contributed by atoms with Crippen LogP contribution in [0.4, 0.5) is 0 Å². The summed E-state index contributed by atoms with van der Waals surface area (Å²) in [5, 5.41) is 25.0. The monoisotopic (exact) mass is 702 g/mol. The minimum Gasteiger partial charge on any atom is -0.481 e. The van der Waals surface area contributed by atoms with Crippen molar-refractivity contribution in [3.05, 3.63) is 66.7 Å². The minimum atomic E-state index is -1.55. The predicted molar refractivity (Wildman–Crippen MR) is 184 cm³/mol. The quantitative estimate of drug-likeness (QED) is 0.0981. The molecule has 0 bridgehead atoms. The van der Waals surface area contributed by atoms with E-state index in [1.165, 1.54) is 11.9 Å². The summed E-state index contributed by atoms with van der Waals surface area (Å²) in [7, 11) is 1.46. The van der Waals surface area contributed by atoms with Crippen LogP contribution in [0.3, 0.4) is 0 Å². The smallest absolute Gasteiger partial charge is 0.307 e. The number of aryl methyl sites for hydroxylation is 1. The van der Waals surface area contributed by atoms with Crippen molar-refractivity contribution < 1.29 is 38.4 Å². The van der Waals surface area contributed by atoms with Crippen molar-refractivity contribution in [3.8, 4) is 0 Å². The van der Waals surface area contributed by atoms with Gasteiger partial charge in [0.15, 0.2) is 6.20 Å². The Morgan fingerprint density at radius 3 is 2.49 bits per heavy atom. The summed E-state index contributed by atoms with van der Waals surface area (Å²) in [6.07, 6.45) is 7.82. The molecule has 1 fully saturated rings. The third kappa shape index (κ3) is 8.87. The summed E-state index contributed by atoms with van der Waals surface area (Å²) in [6.45, 7) is 3.59. The Morgan fingerprint density at radius 2 is 1.73 bits per heavy atom. The van der Waals surface area contributed by atoms with Crippen molar-refractivity contribution in [1.29, 1.82) is 0 Å². The van der Waals surface area contributed by atoms with Gasteiger partial charge in [0.2, 0.25) is 29.5 Å². The highest BCUT2D eigenvalue weighted by atomic mass is 16.4. The molecule has 0 aliphatic carbocycles. The van der Waals surface area contributed by atoms with Crippen LogP contribution in [-0.4, -0.2) is 97.9 Å². The summed E-state index contributed by atoms with van der Waals surface area (Å²) in [4.78, 5) is 84.2. The Morgan fingerprint density at radius 1 is 0.961 bits per heavy atom. The molecule has 3 aromatic heterocycles. The molecule has 4 heterocycles.